The van der Waals surface area contributed by atoms with Crippen molar-refractivity contribution in [3.8, 4) is 0 Å². The molecule has 0 aliphatic carbocycles. The molecule has 1 heterocycles. The number of hydrogen-bond acceptors (Lipinski definition) is 3. The van der Waals surface area contributed by atoms with Gasteiger partial charge in [-0.1, -0.05) is 13.8 Å². The Labute approximate surface area is 111 Å². The smallest absolute Gasteiger partial charge is 0.326 e. The van der Waals surface area contributed by atoms with Crippen molar-refractivity contribution in [2.75, 3.05) is 6.54 Å². The summed E-state index contributed by atoms with van der Waals surface area (Å²) in [5, 5.41) is 14.0. The van der Waals surface area contributed by atoms with E-state index in [0.29, 0.717) is 19.4 Å². The summed E-state index contributed by atoms with van der Waals surface area (Å²) in [6, 6.07) is -1.33. The second-order valence-corrected chi connectivity index (χ2v) is 4.71. The molecule has 7 nitrogen and oxygen atoms in total. The van der Waals surface area contributed by atoms with Gasteiger partial charge in [-0.3, -0.25) is 0 Å². The van der Waals surface area contributed by atoms with Crippen LogP contribution in [0.4, 0.5) is 4.79 Å². The maximum atomic E-state index is 11.6. The maximum Gasteiger partial charge on any atom is 0.326 e. The third kappa shape index (κ3) is 5.89. The monoisotopic (exact) mass is 268 g/mol. The number of carbonyl (C=O) groups is 2. The lowest BCUT2D eigenvalue weighted by Gasteiger charge is -2.16. The number of H-pyrrole nitrogens is 1. The van der Waals surface area contributed by atoms with Crippen LogP contribution in [0.2, 0.25) is 0 Å². The minimum atomic E-state index is -1.02. The van der Waals surface area contributed by atoms with E-state index in [1.54, 1.807) is 12.4 Å². The Hall–Kier alpha value is -2.05. The summed E-state index contributed by atoms with van der Waals surface area (Å²) in [6.07, 6.45) is 4.32. The van der Waals surface area contributed by atoms with Gasteiger partial charge in [-0.2, -0.15) is 0 Å². The summed E-state index contributed by atoms with van der Waals surface area (Å²) < 4.78 is 0. The van der Waals surface area contributed by atoms with Crippen molar-refractivity contribution in [2.24, 2.45) is 5.92 Å². The number of carbonyl (C=O) groups excluding carboxylic acids is 1. The van der Waals surface area contributed by atoms with E-state index in [1.165, 1.54) is 0 Å². The van der Waals surface area contributed by atoms with Crippen LogP contribution in [0.15, 0.2) is 12.4 Å². The minimum Gasteiger partial charge on any atom is -0.480 e. The number of nitrogens with zero attached hydrogens (tertiary/aromatic N) is 1. The molecule has 0 radical (unpaired) electrons. The molecule has 0 unspecified atom stereocenters. The molecule has 19 heavy (non-hydrogen) atoms. The van der Waals surface area contributed by atoms with Gasteiger partial charge < -0.3 is 20.7 Å². The summed E-state index contributed by atoms with van der Waals surface area (Å²) in [6.45, 7) is 4.21. The van der Waals surface area contributed by atoms with E-state index in [0.717, 1.165) is 5.82 Å². The predicted octanol–water partition coefficient (Wildman–Crippen LogP) is 0.751. The molecular weight excluding hydrogens is 248 g/mol. The van der Waals surface area contributed by atoms with Gasteiger partial charge in [0.2, 0.25) is 0 Å². The van der Waals surface area contributed by atoms with Crippen LogP contribution in [-0.4, -0.2) is 39.7 Å². The van der Waals surface area contributed by atoms with Crippen molar-refractivity contribution >= 4 is 12.0 Å². The van der Waals surface area contributed by atoms with Gasteiger partial charge >= 0.3 is 12.0 Å². The third-order valence-electron chi connectivity index (χ3n) is 2.51. The number of carboxylic acids is 1. The van der Waals surface area contributed by atoms with Crippen LogP contribution >= 0.6 is 0 Å². The highest BCUT2D eigenvalue weighted by atomic mass is 16.4. The van der Waals surface area contributed by atoms with Crippen molar-refractivity contribution in [2.45, 2.75) is 32.7 Å². The molecule has 0 saturated carbocycles. The molecule has 0 bridgehead atoms. The van der Waals surface area contributed by atoms with Gasteiger partial charge in [-0.05, 0) is 12.3 Å². The first-order valence-electron chi connectivity index (χ1n) is 6.24. The van der Waals surface area contributed by atoms with Gasteiger partial charge in [-0.25, -0.2) is 14.6 Å². The Bertz CT molecular complexity index is 403. The molecule has 2 amide bonds. The van der Waals surface area contributed by atoms with Gasteiger partial charge in [0, 0.05) is 25.4 Å². The van der Waals surface area contributed by atoms with E-state index in [1.807, 2.05) is 13.8 Å². The van der Waals surface area contributed by atoms with Crippen LogP contribution in [0.25, 0.3) is 0 Å². The molecule has 0 saturated heterocycles. The molecule has 4 N–H and O–H groups in total. The number of aromatic amines is 1. The van der Waals surface area contributed by atoms with E-state index >= 15 is 0 Å². The lowest BCUT2D eigenvalue weighted by Crippen LogP contribution is -2.47. The van der Waals surface area contributed by atoms with E-state index in [2.05, 4.69) is 20.6 Å². The molecule has 1 atom stereocenters. The number of aliphatic carboxylic acids is 1. The van der Waals surface area contributed by atoms with Crippen molar-refractivity contribution in [3.63, 3.8) is 0 Å². The predicted molar refractivity (Wildman–Crippen MR) is 69.7 cm³/mol. The van der Waals surface area contributed by atoms with Crippen LogP contribution < -0.4 is 10.6 Å². The standard InChI is InChI=1S/C12H20N4O3/c1-8(2)7-9(11(17)18)16-12(19)15-4-3-10-13-5-6-14-10/h5-6,8-9H,3-4,7H2,1-2H3,(H,13,14)(H,17,18)(H2,15,16,19)/t9-/m1/s1. The highest BCUT2D eigenvalue weighted by Gasteiger charge is 2.20. The number of imidazole rings is 1. The topological polar surface area (TPSA) is 107 Å². The molecule has 0 aromatic carbocycles. The normalized spacial score (nSPS) is 12.2. The van der Waals surface area contributed by atoms with Crippen molar-refractivity contribution < 1.29 is 14.7 Å². The molecule has 0 aliphatic rings. The molecule has 0 aliphatic heterocycles. The fourth-order valence-corrected chi connectivity index (χ4v) is 1.63. The number of carboxylic acid groups (broad SMARTS) is 1. The minimum absolute atomic E-state index is 0.199. The molecule has 0 fully saturated rings. The van der Waals surface area contributed by atoms with Crippen molar-refractivity contribution in [1.29, 1.82) is 0 Å². The van der Waals surface area contributed by atoms with E-state index in [-0.39, 0.29) is 5.92 Å². The van der Waals surface area contributed by atoms with E-state index in [9.17, 15) is 9.59 Å². The zero-order valence-corrected chi connectivity index (χ0v) is 11.1. The second kappa shape index (κ2) is 7.40. The lowest BCUT2D eigenvalue weighted by molar-refractivity contribution is -0.139. The zero-order valence-electron chi connectivity index (χ0n) is 11.1. The average Bonchev–Trinajstić information content (AvgIpc) is 2.80. The number of hydrogen-bond donors (Lipinski definition) is 4. The van der Waals surface area contributed by atoms with Gasteiger partial charge in [0.15, 0.2) is 0 Å². The number of aromatic nitrogens is 2. The molecule has 0 spiro atoms. The highest BCUT2D eigenvalue weighted by molar-refractivity contribution is 5.82. The first kappa shape index (κ1) is 15.0. The summed E-state index contributed by atoms with van der Waals surface area (Å²) in [5.74, 6) is -0.0448. The van der Waals surface area contributed by atoms with Gasteiger partial charge in [0.25, 0.3) is 0 Å². The molecule has 7 heteroatoms. The first-order valence-corrected chi connectivity index (χ1v) is 6.24. The summed E-state index contributed by atoms with van der Waals surface area (Å²) in [7, 11) is 0. The first-order chi connectivity index (χ1) is 8.99. The quantitative estimate of drug-likeness (QED) is 0.585. The fourth-order valence-electron chi connectivity index (χ4n) is 1.63. The summed E-state index contributed by atoms with van der Waals surface area (Å²) >= 11 is 0. The Kier molecular flexibility index (Phi) is 5.84. The largest absolute Gasteiger partial charge is 0.480 e. The zero-order chi connectivity index (χ0) is 14.3. The van der Waals surface area contributed by atoms with Crippen LogP contribution in [0, 0.1) is 5.92 Å². The van der Waals surface area contributed by atoms with Crippen LogP contribution in [0.5, 0.6) is 0 Å². The Morgan fingerprint density at radius 3 is 2.74 bits per heavy atom. The van der Waals surface area contributed by atoms with E-state index in [4.69, 9.17) is 5.11 Å². The van der Waals surface area contributed by atoms with Gasteiger partial charge in [0.1, 0.15) is 11.9 Å². The number of nitrogens with one attached hydrogen (secondary N) is 3. The lowest BCUT2D eigenvalue weighted by atomic mass is 10.0. The third-order valence-corrected chi connectivity index (χ3v) is 2.51. The Morgan fingerprint density at radius 1 is 1.47 bits per heavy atom. The Balaban J connectivity index is 2.30. The molecule has 1 rings (SSSR count). The average molecular weight is 268 g/mol. The highest BCUT2D eigenvalue weighted by Crippen LogP contribution is 2.04. The molecule has 106 valence electrons. The van der Waals surface area contributed by atoms with Gasteiger partial charge in [0.05, 0.1) is 0 Å². The van der Waals surface area contributed by atoms with Crippen LogP contribution in [0.3, 0.4) is 0 Å². The fraction of sp³-hybridized carbons (Fsp3) is 0.583. The molecular formula is C12H20N4O3. The number of rotatable bonds is 7. The Morgan fingerprint density at radius 2 is 2.21 bits per heavy atom. The summed E-state index contributed by atoms with van der Waals surface area (Å²) in [4.78, 5) is 29.5. The van der Waals surface area contributed by atoms with Crippen molar-refractivity contribution in [3.05, 3.63) is 18.2 Å². The SMILES string of the molecule is CC(C)C[C@@H](NC(=O)NCCc1ncc[nH]1)C(=O)O. The van der Waals surface area contributed by atoms with Gasteiger partial charge in [-0.15, -0.1) is 0 Å². The van der Waals surface area contributed by atoms with Crippen LogP contribution in [0.1, 0.15) is 26.1 Å². The number of urea groups is 1. The summed E-state index contributed by atoms with van der Waals surface area (Å²) in [5.41, 5.74) is 0. The maximum absolute atomic E-state index is 11.6. The molecule has 1 aromatic heterocycles. The van der Waals surface area contributed by atoms with E-state index < -0.39 is 18.0 Å². The van der Waals surface area contributed by atoms with Crippen molar-refractivity contribution in [1.82, 2.24) is 20.6 Å². The van der Waals surface area contributed by atoms with Crippen LogP contribution in [-0.2, 0) is 11.2 Å². The number of amides is 2. The molecule has 1 aromatic rings. The second-order valence-electron chi connectivity index (χ2n) is 4.71.